The average molecular weight is 297 g/mol. The Labute approximate surface area is 126 Å². The predicted molar refractivity (Wildman–Crippen MR) is 81.8 cm³/mol. The van der Waals surface area contributed by atoms with Gasteiger partial charge < -0.3 is 14.7 Å². The van der Waals surface area contributed by atoms with E-state index in [4.69, 9.17) is 4.42 Å². The molecular weight excluding hydrogens is 282 g/mol. The van der Waals surface area contributed by atoms with Crippen LogP contribution in [0.1, 0.15) is 21.9 Å². The lowest BCUT2D eigenvalue weighted by molar-refractivity contribution is 0.0950. The van der Waals surface area contributed by atoms with Crippen molar-refractivity contribution < 1.29 is 9.21 Å². The first kappa shape index (κ1) is 14.1. The Morgan fingerprint density at radius 2 is 2.18 bits per heavy atom. The highest BCUT2D eigenvalue weighted by Crippen LogP contribution is 2.12. The van der Waals surface area contributed by atoms with E-state index in [2.05, 4.69) is 15.3 Å². The fourth-order valence-electron chi connectivity index (χ4n) is 2.22. The Kier molecular flexibility index (Phi) is 3.74. The molecule has 0 unspecified atom stereocenters. The Balaban J connectivity index is 1.72. The SMILES string of the molecule is Cc1ncc(CCNC(=O)c2cc3ccccc3oc2=O)[nH]1. The molecule has 112 valence electrons. The summed E-state index contributed by atoms with van der Waals surface area (Å²) < 4.78 is 5.15. The van der Waals surface area contributed by atoms with Crippen LogP contribution in [0.3, 0.4) is 0 Å². The fraction of sp³-hybridized carbons (Fsp3) is 0.188. The first-order valence-electron chi connectivity index (χ1n) is 6.95. The van der Waals surface area contributed by atoms with E-state index in [0.717, 1.165) is 16.9 Å². The standard InChI is InChI=1S/C16H15N3O3/c1-10-18-9-12(19-10)6-7-17-15(20)13-8-11-4-2-3-5-14(11)22-16(13)21/h2-5,8-9H,6-7H2,1H3,(H,17,20)(H,18,19). The first-order chi connectivity index (χ1) is 10.6. The minimum Gasteiger partial charge on any atom is -0.422 e. The Bertz CT molecular complexity index is 879. The summed E-state index contributed by atoms with van der Waals surface area (Å²) in [6, 6.07) is 8.64. The van der Waals surface area contributed by atoms with E-state index in [1.807, 2.05) is 13.0 Å². The second kappa shape index (κ2) is 5.85. The first-order valence-corrected chi connectivity index (χ1v) is 6.95. The van der Waals surface area contributed by atoms with Gasteiger partial charge in [-0.3, -0.25) is 4.79 Å². The van der Waals surface area contributed by atoms with Crippen LogP contribution in [-0.4, -0.2) is 22.4 Å². The zero-order valence-electron chi connectivity index (χ0n) is 12.1. The van der Waals surface area contributed by atoms with Crippen molar-refractivity contribution in [1.29, 1.82) is 0 Å². The Morgan fingerprint density at radius 1 is 1.36 bits per heavy atom. The summed E-state index contributed by atoms with van der Waals surface area (Å²) in [6.07, 6.45) is 2.34. The number of hydrogen-bond acceptors (Lipinski definition) is 4. The molecular formula is C16H15N3O3. The second-order valence-electron chi connectivity index (χ2n) is 4.99. The molecule has 0 aliphatic rings. The number of aryl methyl sites for hydroxylation is 1. The summed E-state index contributed by atoms with van der Waals surface area (Å²) in [5.41, 5.74) is 0.786. The molecule has 2 heterocycles. The topological polar surface area (TPSA) is 88.0 Å². The molecule has 3 rings (SSSR count). The molecule has 3 aromatic rings. The van der Waals surface area contributed by atoms with Crippen LogP contribution in [0.5, 0.6) is 0 Å². The number of para-hydroxylation sites is 1. The number of aromatic amines is 1. The number of carbonyl (C=O) groups is 1. The van der Waals surface area contributed by atoms with E-state index in [0.29, 0.717) is 18.5 Å². The van der Waals surface area contributed by atoms with Gasteiger partial charge in [0.2, 0.25) is 0 Å². The molecule has 2 N–H and O–H groups in total. The second-order valence-corrected chi connectivity index (χ2v) is 4.99. The average Bonchev–Trinajstić information content (AvgIpc) is 2.92. The number of carbonyl (C=O) groups excluding carboxylic acids is 1. The molecule has 6 heteroatoms. The maximum absolute atomic E-state index is 12.1. The summed E-state index contributed by atoms with van der Waals surface area (Å²) in [6.45, 7) is 2.27. The zero-order chi connectivity index (χ0) is 15.5. The minimum absolute atomic E-state index is 0.0134. The molecule has 0 fully saturated rings. The Morgan fingerprint density at radius 3 is 2.95 bits per heavy atom. The van der Waals surface area contributed by atoms with Crippen LogP contribution in [0.25, 0.3) is 11.0 Å². The third-order valence-electron chi connectivity index (χ3n) is 3.32. The van der Waals surface area contributed by atoms with Gasteiger partial charge in [0.15, 0.2) is 0 Å². The smallest absolute Gasteiger partial charge is 0.349 e. The van der Waals surface area contributed by atoms with Crippen LogP contribution < -0.4 is 10.9 Å². The largest absolute Gasteiger partial charge is 0.422 e. The maximum atomic E-state index is 12.1. The van der Waals surface area contributed by atoms with Crippen molar-refractivity contribution in [3.63, 3.8) is 0 Å². The summed E-state index contributed by atoms with van der Waals surface area (Å²) in [7, 11) is 0. The van der Waals surface area contributed by atoms with Gasteiger partial charge in [-0.2, -0.15) is 0 Å². The van der Waals surface area contributed by atoms with E-state index in [-0.39, 0.29) is 5.56 Å². The van der Waals surface area contributed by atoms with E-state index in [1.165, 1.54) is 0 Å². The number of imidazole rings is 1. The number of nitrogens with one attached hydrogen (secondary N) is 2. The van der Waals surface area contributed by atoms with Crippen molar-refractivity contribution in [3.05, 3.63) is 64.0 Å². The predicted octanol–water partition coefficient (Wildman–Crippen LogP) is 1.80. The molecule has 22 heavy (non-hydrogen) atoms. The summed E-state index contributed by atoms with van der Waals surface area (Å²) in [5.74, 6) is 0.396. The lowest BCUT2D eigenvalue weighted by Gasteiger charge is -2.04. The van der Waals surface area contributed by atoms with Gasteiger partial charge >= 0.3 is 5.63 Å². The molecule has 1 amide bonds. The van der Waals surface area contributed by atoms with E-state index in [9.17, 15) is 9.59 Å². The van der Waals surface area contributed by atoms with Gasteiger partial charge in [-0.1, -0.05) is 18.2 Å². The normalized spacial score (nSPS) is 10.8. The van der Waals surface area contributed by atoms with Gasteiger partial charge in [0.05, 0.1) is 0 Å². The van der Waals surface area contributed by atoms with Crippen LogP contribution in [0.15, 0.2) is 45.7 Å². The van der Waals surface area contributed by atoms with Gasteiger partial charge in [0.1, 0.15) is 17.0 Å². The van der Waals surface area contributed by atoms with Gasteiger partial charge in [0, 0.05) is 30.2 Å². The van der Waals surface area contributed by atoms with Crippen molar-refractivity contribution in [3.8, 4) is 0 Å². The van der Waals surface area contributed by atoms with Crippen LogP contribution >= 0.6 is 0 Å². The van der Waals surface area contributed by atoms with Crippen molar-refractivity contribution >= 4 is 16.9 Å². The monoisotopic (exact) mass is 297 g/mol. The number of nitrogens with zero attached hydrogens (tertiary/aromatic N) is 1. The highest BCUT2D eigenvalue weighted by Gasteiger charge is 2.13. The molecule has 6 nitrogen and oxygen atoms in total. The summed E-state index contributed by atoms with van der Waals surface area (Å²) in [4.78, 5) is 31.1. The van der Waals surface area contributed by atoms with Crippen LogP contribution in [-0.2, 0) is 6.42 Å². The van der Waals surface area contributed by atoms with E-state index < -0.39 is 11.5 Å². The number of amides is 1. The quantitative estimate of drug-likeness (QED) is 0.719. The molecule has 0 bridgehead atoms. The van der Waals surface area contributed by atoms with Crippen LogP contribution in [0.2, 0.25) is 0 Å². The number of benzene rings is 1. The third-order valence-corrected chi connectivity index (χ3v) is 3.32. The highest BCUT2D eigenvalue weighted by atomic mass is 16.4. The van der Waals surface area contributed by atoms with Crippen LogP contribution in [0, 0.1) is 6.92 Å². The zero-order valence-corrected chi connectivity index (χ0v) is 12.1. The van der Waals surface area contributed by atoms with Crippen molar-refractivity contribution in [1.82, 2.24) is 15.3 Å². The molecule has 0 aliphatic carbocycles. The fourth-order valence-corrected chi connectivity index (χ4v) is 2.22. The van der Waals surface area contributed by atoms with Crippen LogP contribution in [0.4, 0.5) is 0 Å². The van der Waals surface area contributed by atoms with Gasteiger partial charge in [-0.05, 0) is 19.1 Å². The van der Waals surface area contributed by atoms with Gasteiger partial charge in [-0.25, -0.2) is 9.78 Å². The lowest BCUT2D eigenvalue weighted by atomic mass is 10.2. The van der Waals surface area contributed by atoms with Gasteiger partial charge in [0.25, 0.3) is 5.91 Å². The molecule has 0 saturated heterocycles. The molecule has 2 aromatic heterocycles. The Hall–Kier alpha value is -2.89. The number of rotatable bonds is 4. The third kappa shape index (κ3) is 2.90. The number of aromatic nitrogens is 2. The molecule has 0 atom stereocenters. The van der Waals surface area contributed by atoms with Crippen molar-refractivity contribution in [2.75, 3.05) is 6.54 Å². The minimum atomic E-state index is -0.631. The molecule has 0 spiro atoms. The maximum Gasteiger partial charge on any atom is 0.349 e. The summed E-state index contributed by atoms with van der Waals surface area (Å²) >= 11 is 0. The molecule has 0 radical (unpaired) electrons. The molecule has 0 saturated carbocycles. The van der Waals surface area contributed by atoms with Gasteiger partial charge in [-0.15, -0.1) is 0 Å². The molecule has 0 aliphatic heterocycles. The summed E-state index contributed by atoms with van der Waals surface area (Å²) in [5, 5.41) is 3.43. The van der Waals surface area contributed by atoms with Crippen molar-refractivity contribution in [2.45, 2.75) is 13.3 Å². The van der Waals surface area contributed by atoms with E-state index >= 15 is 0 Å². The number of H-pyrrole nitrogens is 1. The van der Waals surface area contributed by atoms with Crippen molar-refractivity contribution in [2.24, 2.45) is 0 Å². The highest BCUT2D eigenvalue weighted by molar-refractivity contribution is 5.96. The van der Waals surface area contributed by atoms with E-state index in [1.54, 1.807) is 30.5 Å². The molecule has 1 aromatic carbocycles. The number of hydrogen-bond donors (Lipinski definition) is 2. The number of fused-ring (bicyclic) bond motifs is 1. The lowest BCUT2D eigenvalue weighted by Crippen LogP contribution is -2.29.